The van der Waals surface area contributed by atoms with Crippen LogP contribution in [0.2, 0.25) is 0 Å². The molecule has 0 aliphatic carbocycles. The number of sulfone groups is 1. The first-order valence-corrected chi connectivity index (χ1v) is 9.41. The minimum Gasteiger partial charge on any atom is -0.279 e. The van der Waals surface area contributed by atoms with Crippen molar-refractivity contribution in [3.05, 3.63) is 41.8 Å². The van der Waals surface area contributed by atoms with E-state index in [0.717, 1.165) is 17.6 Å². The second-order valence-electron chi connectivity index (χ2n) is 3.83. The zero-order chi connectivity index (χ0) is 14.1. The Kier molecular flexibility index (Phi) is 3.66. The number of hydrogen-bond acceptors (Lipinski definition) is 5. The lowest BCUT2D eigenvalue weighted by molar-refractivity contribution is 0.601. The smallest absolute Gasteiger partial charge is 0.271 e. The van der Waals surface area contributed by atoms with Gasteiger partial charge in [-0.1, -0.05) is 6.07 Å². The van der Waals surface area contributed by atoms with Crippen LogP contribution >= 0.6 is 11.3 Å². The van der Waals surface area contributed by atoms with Crippen molar-refractivity contribution in [1.82, 2.24) is 0 Å². The van der Waals surface area contributed by atoms with Gasteiger partial charge < -0.3 is 0 Å². The molecule has 102 valence electrons. The van der Waals surface area contributed by atoms with Gasteiger partial charge in [-0.25, -0.2) is 16.8 Å². The third-order valence-corrected chi connectivity index (χ3v) is 6.20. The van der Waals surface area contributed by atoms with Crippen LogP contribution in [0, 0.1) is 0 Å². The van der Waals surface area contributed by atoms with E-state index in [4.69, 9.17) is 0 Å². The second kappa shape index (κ2) is 4.95. The fourth-order valence-corrected chi connectivity index (χ4v) is 4.07. The summed E-state index contributed by atoms with van der Waals surface area (Å²) in [6, 6.07) is 8.70. The maximum absolute atomic E-state index is 11.9. The molecule has 0 aliphatic rings. The molecule has 19 heavy (non-hydrogen) atoms. The predicted molar refractivity (Wildman–Crippen MR) is 74.7 cm³/mol. The van der Waals surface area contributed by atoms with Gasteiger partial charge in [0.1, 0.15) is 4.21 Å². The molecule has 1 aromatic carbocycles. The normalized spacial score (nSPS) is 12.3. The molecule has 0 atom stereocenters. The zero-order valence-electron chi connectivity index (χ0n) is 9.90. The molecule has 2 rings (SSSR count). The highest BCUT2D eigenvalue weighted by atomic mass is 32.2. The fourth-order valence-electron chi connectivity index (χ4n) is 1.39. The van der Waals surface area contributed by atoms with Crippen molar-refractivity contribution in [2.24, 2.45) is 0 Å². The Labute approximate surface area is 115 Å². The van der Waals surface area contributed by atoms with Crippen LogP contribution in [0.15, 0.2) is 50.9 Å². The SMILES string of the molecule is CS(=O)(=O)c1ccc(NS(=O)(=O)c2cccs2)cc1. The van der Waals surface area contributed by atoms with Crippen LogP contribution in [0.1, 0.15) is 0 Å². The van der Waals surface area contributed by atoms with Crippen LogP contribution in [-0.2, 0) is 19.9 Å². The van der Waals surface area contributed by atoms with Gasteiger partial charge in [-0.3, -0.25) is 4.72 Å². The highest BCUT2D eigenvalue weighted by molar-refractivity contribution is 7.94. The summed E-state index contributed by atoms with van der Waals surface area (Å²) in [6.45, 7) is 0. The molecule has 0 bridgehead atoms. The largest absolute Gasteiger partial charge is 0.279 e. The number of hydrogen-bond donors (Lipinski definition) is 1. The molecule has 0 unspecified atom stereocenters. The molecule has 0 saturated heterocycles. The minimum atomic E-state index is -3.60. The molecule has 1 N–H and O–H groups in total. The Morgan fingerprint density at radius 3 is 2.11 bits per heavy atom. The van der Waals surface area contributed by atoms with E-state index < -0.39 is 19.9 Å². The monoisotopic (exact) mass is 317 g/mol. The number of rotatable bonds is 4. The van der Waals surface area contributed by atoms with Crippen LogP contribution in [-0.4, -0.2) is 23.1 Å². The summed E-state index contributed by atoms with van der Waals surface area (Å²) in [5, 5.41) is 1.67. The maximum atomic E-state index is 11.9. The quantitative estimate of drug-likeness (QED) is 0.934. The molecule has 0 radical (unpaired) electrons. The average Bonchev–Trinajstić information content (AvgIpc) is 2.82. The van der Waals surface area contributed by atoms with Gasteiger partial charge in [0.2, 0.25) is 0 Å². The van der Waals surface area contributed by atoms with E-state index in [0.29, 0.717) is 5.69 Å². The third-order valence-electron chi connectivity index (χ3n) is 2.29. The Bertz CT molecular complexity index is 760. The van der Waals surface area contributed by atoms with Gasteiger partial charge in [0.05, 0.1) is 4.90 Å². The Morgan fingerprint density at radius 1 is 1.00 bits per heavy atom. The molecular formula is C11H11NO4S3. The fraction of sp³-hybridized carbons (Fsp3) is 0.0909. The summed E-state index contributed by atoms with van der Waals surface area (Å²) in [4.78, 5) is 0.145. The van der Waals surface area contributed by atoms with Gasteiger partial charge in [-0.05, 0) is 35.7 Å². The standard InChI is InChI=1S/C11H11NO4S3/c1-18(13,14)10-6-4-9(5-7-10)12-19(15,16)11-3-2-8-17-11/h2-8,12H,1H3. The van der Waals surface area contributed by atoms with Gasteiger partial charge in [-0.2, -0.15) is 0 Å². The van der Waals surface area contributed by atoms with Crippen LogP contribution in [0.5, 0.6) is 0 Å². The van der Waals surface area contributed by atoms with E-state index in [1.807, 2.05) is 0 Å². The number of sulfonamides is 1. The zero-order valence-corrected chi connectivity index (χ0v) is 12.3. The number of anilines is 1. The highest BCUT2D eigenvalue weighted by Gasteiger charge is 2.15. The van der Waals surface area contributed by atoms with Crippen molar-refractivity contribution in [2.45, 2.75) is 9.10 Å². The Morgan fingerprint density at radius 2 is 1.63 bits per heavy atom. The lowest BCUT2D eigenvalue weighted by atomic mass is 10.3. The molecule has 1 heterocycles. The Hall–Kier alpha value is -1.38. The van der Waals surface area contributed by atoms with Crippen molar-refractivity contribution < 1.29 is 16.8 Å². The molecule has 0 spiro atoms. The lowest BCUT2D eigenvalue weighted by Gasteiger charge is -2.06. The van der Waals surface area contributed by atoms with Crippen molar-refractivity contribution >= 4 is 36.9 Å². The van der Waals surface area contributed by atoms with E-state index in [1.165, 1.54) is 30.3 Å². The van der Waals surface area contributed by atoms with Crippen LogP contribution in [0.3, 0.4) is 0 Å². The first-order valence-electron chi connectivity index (χ1n) is 5.15. The van der Waals surface area contributed by atoms with E-state index in [9.17, 15) is 16.8 Å². The molecule has 5 nitrogen and oxygen atoms in total. The molecule has 0 amide bonds. The summed E-state index contributed by atoms with van der Waals surface area (Å²) in [7, 11) is -6.88. The molecule has 8 heteroatoms. The second-order valence-corrected chi connectivity index (χ2v) is 8.71. The first kappa shape index (κ1) is 14.0. The topological polar surface area (TPSA) is 80.3 Å². The van der Waals surface area contributed by atoms with Crippen molar-refractivity contribution in [3.63, 3.8) is 0 Å². The predicted octanol–water partition coefficient (Wildman–Crippen LogP) is 1.95. The van der Waals surface area contributed by atoms with Crippen molar-refractivity contribution in [1.29, 1.82) is 0 Å². The van der Waals surface area contributed by atoms with Gasteiger partial charge in [0, 0.05) is 11.9 Å². The third kappa shape index (κ3) is 3.34. The molecule has 0 fully saturated rings. The maximum Gasteiger partial charge on any atom is 0.271 e. The van der Waals surface area contributed by atoms with E-state index >= 15 is 0 Å². The van der Waals surface area contributed by atoms with Crippen molar-refractivity contribution in [3.8, 4) is 0 Å². The lowest BCUT2D eigenvalue weighted by Crippen LogP contribution is -2.11. The summed E-state index contributed by atoms with van der Waals surface area (Å²) in [5.41, 5.74) is 0.320. The van der Waals surface area contributed by atoms with Gasteiger partial charge in [0.25, 0.3) is 10.0 Å². The number of benzene rings is 1. The molecule has 1 aromatic heterocycles. The van der Waals surface area contributed by atoms with Gasteiger partial charge >= 0.3 is 0 Å². The molecule has 0 saturated carbocycles. The summed E-state index contributed by atoms with van der Waals surface area (Å²) in [5.74, 6) is 0. The van der Waals surface area contributed by atoms with Crippen LogP contribution in [0.4, 0.5) is 5.69 Å². The van der Waals surface area contributed by atoms with Gasteiger partial charge in [-0.15, -0.1) is 11.3 Å². The van der Waals surface area contributed by atoms with E-state index in [2.05, 4.69) is 4.72 Å². The molecule has 0 aliphatic heterocycles. The summed E-state index contributed by atoms with van der Waals surface area (Å²) >= 11 is 1.11. The summed E-state index contributed by atoms with van der Waals surface area (Å²) < 4.78 is 49.0. The van der Waals surface area contributed by atoms with Crippen LogP contribution in [0.25, 0.3) is 0 Å². The van der Waals surface area contributed by atoms with Crippen LogP contribution < -0.4 is 4.72 Å². The molecular weight excluding hydrogens is 306 g/mol. The number of nitrogens with one attached hydrogen (secondary N) is 1. The highest BCUT2D eigenvalue weighted by Crippen LogP contribution is 2.21. The van der Waals surface area contributed by atoms with Gasteiger partial charge in [0.15, 0.2) is 9.84 Å². The molecule has 2 aromatic rings. The average molecular weight is 317 g/mol. The minimum absolute atomic E-state index is 0.145. The first-order chi connectivity index (χ1) is 8.79. The number of thiophene rings is 1. The Balaban J connectivity index is 2.26. The van der Waals surface area contributed by atoms with Crippen molar-refractivity contribution in [2.75, 3.05) is 11.0 Å². The summed E-state index contributed by atoms with van der Waals surface area (Å²) in [6.07, 6.45) is 1.10. The van der Waals surface area contributed by atoms with E-state index in [1.54, 1.807) is 11.4 Å². The van der Waals surface area contributed by atoms with E-state index in [-0.39, 0.29) is 9.10 Å².